The first-order chi connectivity index (χ1) is 8.66. The molecule has 0 aromatic carbocycles. The fourth-order valence-electron chi connectivity index (χ4n) is 3.09. The zero-order chi connectivity index (χ0) is 13.0. The molecule has 0 atom stereocenters. The molecule has 100 valence electrons. The minimum absolute atomic E-state index is 0.0777. The van der Waals surface area contributed by atoms with Crippen molar-refractivity contribution in [2.45, 2.75) is 69.9 Å². The van der Waals surface area contributed by atoms with Gasteiger partial charge in [-0.05, 0) is 38.5 Å². The van der Waals surface area contributed by atoms with Crippen molar-refractivity contribution in [3.8, 4) is 6.07 Å². The maximum Gasteiger partial charge on any atom is 0.240 e. The topological polar surface area (TPSA) is 73.1 Å². The minimum Gasteiger partial charge on any atom is -0.393 e. The molecule has 0 heterocycles. The molecule has 2 rings (SSSR count). The van der Waals surface area contributed by atoms with E-state index in [0.29, 0.717) is 12.8 Å². The Labute approximate surface area is 108 Å². The van der Waals surface area contributed by atoms with Crippen molar-refractivity contribution in [2.75, 3.05) is 0 Å². The highest BCUT2D eigenvalue weighted by molar-refractivity contribution is 5.85. The van der Waals surface area contributed by atoms with Gasteiger partial charge in [-0.3, -0.25) is 4.79 Å². The van der Waals surface area contributed by atoms with E-state index in [2.05, 4.69) is 11.4 Å². The summed E-state index contributed by atoms with van der Waals surface area (Å²) in [6.45, 7) is 0. The van der Waals surface area contributed by atoms with E-state index in [1.54, 1.807) is 0 Å². The van der Waals surface area contributed by atoms with Crippen molar-refractivity contribution in [1.29, 1.82) is 5.26 Å². The van der Waals surface area contributed by atoms with Gasteiger partial charge < -0.3 is 10.4 Å². The monoisotopic (exact) mass is 250 g/mol. The number of aliphatic hydroxyl groups excluding tert-OH is 1. The molecule has 4 heteroatoms. The molecule has 4 nitrogen and oxygen atoms in total. The van der Waals surface area contributed by atoms with Crippen LogP contribution in [-0.2, 0) is 4.79 Å². The van der Waals surface area contributed by atoms with Crippen LogP contribution in [0.25, 0.3) is 0 Å². The van der Waals surface area contributed by atoms with E-state index in [1.807, 2.05) is 0 Å². The van der Waals surface area contributed by atoms with Crippen LogP contribution in [0, 0.1) is 16.7 Å². The summed E-state index contributed by atoms with van der Waals surface area (Å²) in [6.07, 6.45) is 7.44. The average Bonchev–Trinajstić information content (AvgIpc) is 2.42. The van der Waals surface area contributed by atoms with Crippen LogP contribution in [0.1, 0.15) is 57.8 Å². The van der Waals surface area contributed by atoms with Gasteiger partial charge >= 0.3 is 0 Å². The predicted octanol–water partition coefficient (Wildman–Crippen LogP) is 1.88. The van der Waals surface area contributed by atoms with Gasteiger partial charge in [-0.2, -0.15) is 5.26 Å². The average molecular weight is 250 g/mol. The molecule has 2 N–H and O–H groups in total. The first-order valence-electron chi connectivity index (χ1n) is 7.06. The molecule has 18 heavy (non-hydrogen) atoms. The van der Waals surface area contributed by atoms with Crippen molar-refractivity contribution >= 4 is 5.91 Å². The van der Waals surface area contributed by atoms with Crippen LogP contribution in [0.4, 0.5) is 0 Å². The van der Waals surface area contributed by atoms with Crippen LogP contribution in [0.2, 0.25) is 0 Å². The molecule has 0 aromatic heterocycles. The van der Waals surface area contributed by atoms with E-state index in [0.717, 1.165) is 44.9 Å². The zero-order valence-electron chi connectivity index (χ0n) is 10.8. The van der Waals surface area contributed by atoms with Gasteiger partial charge in [0.15, 0.2) is 0 Å². The number of nitrogens with one attached hydrogen (secondary N) is 1. The standard InChI is InChI=1S/C14H22N2O2/c15-10-14(8-2-1-3-9-14)13(18)16-11-4-6-12(17)7-5-11/h11-12,17H,1-9H2,(H,16,18). The largest absolute Gasteiger partial charge is 0.393 e. The van der Waals surface area contributed by atoms with Crippen molar-refractivity contribution in [3.05, 3.63) is 0 Å². The Hall–Kier alpha value is -1.08. The van der Waals surface area contributed by atoms with Crippen LogP contribution in [0.15, 0.2) is 0 Å². The molecule has 0 unspecified atom stereocenters. The van der Waals surface area contributed by atoms with Crippen LogP contribution >= 0.6 is 0 Å². The summed E-state index contributed by atoms with van der Waals surface area (Å²) in [4.78, 5) is 12.3. The Bertz CT molecular complexity index is 334. The SMILES string of the molecule is N#CC1(C(=O)NC2CCC(O)CC2)CCCCC1. The maximum atomic E-state index is 12.3. The predicted molar refractivity (Wildman–Crippen MR) is 67.5 cm³/mol. The van der Waals surface area contributed by atoms with Crippen molar-refractivity contribution in [2.24, 2.45) is 5.41 Å². The maximum absolute atomic E-state index is 12.3. The van der Waals surface area contributed by atoms with Gasteiger partial charge in [-0.25, -0.2) is 0 Å². The number of carbonyl (C=O) groups excluding carboxylic acids is 1. The first-order valence-corrected chi connectivity index (χ1v) is 7.06. The summed E-state index contributed by atoms with van der Waals surface area (Å²) >= 11 is 0. The zero-order valence-corrected chi connectivity index (χ0v) is 10.8. The van der Waals surface area contributed by atoms with Crippen LogP contribution in [-0.4, -0.2) is 23.2 Å². The molecule has 0 radical (unpaired) electrons. The lowest BCUT2D eigenvalue weighted by atomic mass is 9.74. The molecule has 2 fully saturated rings. The number of nitrogens with zero attached hydrogens (tertiary/aromatic N) is 1. The lowest BCUT2D eigenvalue weighted by Gasteiger charge is -2.33. The van der Waals surface area contributed by atoms with Gasteiger partial charge in [-0.1, -0.05) is 19.3 Å². The fourth-order valence-corrected chi connectivity index (χ4v) is 3.09. The highest BCUT2D eigenvalue weighted by Crippen LogP contribution is 2.36. The number of hydrogen-bond acceptors (Lipinski definition) is 3. The third-order valence-electron chi connectivity index (χ3n) is 4.39. The third kappa shape index (κ3) is 2.84. The smallest absolute Gasteiger partial charge is 0.240 e. The van der Waals surface area contributed by atoms with Crippen LogP contribution in [0.5, 0.6) is 0 Å². The number of rotatable bonds is 2. The Morgan fingerprint density at radius 3 is 2.33 bits per heavy atom. The fraction of sp³-hybridized carbons (Fsp3) is 0.857. The normalized spacial score (nSPS) is 31.3. The summed E-state index contributed by atoms with van der Waals surface area (Å²) < 4.78 is 0. The van der Waals surface area contributed by atoms with Crippen LogP contribution in [0.3, 0.4) is 0 Å². The number of hydrogen-bond donors (Lipinski definition) is 2. The second-order valence-corrected chi connectivity index (χ2v) is 5.73. The van der Waals surface area contributed by atoms with E-state index in [-0.39, 0.29) is 18.1 Å². The Morgan fingerprint density at radius 1 is 1.17 bits per heavy atom. The molecule has 2 aliphatic rings. The Kier molecular flexibility index (Phi) is 4.23. The molecule has 0 aliphatic heterocycles. The van der Waals surface area contributed by atoms with E-state index in [4.69, 9.17) is 0 Å². The number of carbonyl (C=O) groups is 1. The second kappa shape index (κ2) is 5.71. The summed E-state index contributed by atoms with van der Waals surface area (Å²) in [5.41, 5.74) is -0.783. The van der Waals surface area contributed by atoms with Gasteiger partial charge in [0, 0.05) is 6.04 Å². The second-order valence-electron chi connectivity index (χ2n) is 5.73. The summed E-state index contributed by atoms with van der Waals surface area (Å²) in [7, 11) is 0. The quantitative estimate of drug-likeness (QED) is 0.786. The molecular formula is C14H22N2O2. The molecular weight excluding hydrogens is 228 g/mol. The van der Waals surface area contributed by atoms with Crippen molar-refractivity contribution in [3.63, 3.8) is 0 Å². The van der Waals surface area contributed by atoms with Crippen molar-refractivity contribution in [1.82, 2.24) is 5.32 Å². The van der Waals surface area contributed by atoms with Gasteiger partial charge in [0.1, 0.15) is 5.41 Å². The van der Waals surface area contributed by atoms with Gasteiger partial charge in [0.25, 0.3) is 0 Å². The van der Waals surface area contributed by atoms with Gasteiger partial charge in [0.05, 0.1) is 12.2 Å². The molecule has 0 saturated heterocycles. The molecule has 0 spiro atoms. The number of nitriles is 1. The third-order valence-corrected chi connectivity index (χ3v) is 4.39. The number of amides is 1. The molecule has 0 aromatic rings. The summed E-state index contributed by atoms with van der Waals surface area (Å²) in [5.74, 6) is -0.0777. The first kappa shape index (κ1) is 13.4. The molecule has 0 bridgehead atoms. The van der Waals surface area contributed by atoms with Crippen LogP contribution < -0.4 is 5.32 Å². The highest BCUT2D eigenvalue weighted by Gasteiger charge is 2.40. The molecule has 2 saturated carbocycles. The van der Waals surface area contributed by atoms with E-state index in [9.17, 15) is 15.2 Å². The molecule has 2 aliphatic carbocycles. The highest BCUT2D eigenvalue weighted by atomic mass is 16.3. The summed E-state index contributed by atoms with van der Waals surface area (Å²) in [5, 5.41) is 21.8. The van der Waals surface area contributed by atoms with Gasteiger partial charge in [0.2, 0.25) is 5.91 Å². The lowest BCUT2D eigenvalue weighted by molar-refractivity contribution is -0.130. The number of aliphatic hydroxyl groups is 1. The van der Waals surface area contributed by atoms with E-state index < -0.39 is 5.41 Å². The Morgan fingerprint density at radius 2 is 1.78 bits per heavy atom. The van der Waals surface area contributed by atoms with Gasteiger partial charge in [-0.15, -0.1) is 0 Å². The van der Waals surface area contributed by atoms with E-state index >= 15 is 0 Å². The van der Waals surface area contributed by atoms with Crippen molar-refractivity contribution < 1.29 is 9.90 Å². The van der Waals surface area contributed by atoms with E-state index in [1.165, 1.54) is 0 Å². The summed E-state index contributed by atoms with van der Waals surface area (Å²) in [6, 6.07) is 2.40. The minimum atomic E-state index is -0.783. The Balaban J connectivity index is 1.92. The molecule has 1 amide bonds. The lowest BCUT2D eigenvalue weighted by Crippen LogP contribution is -2.47.